The maximum Gasteiger partial charge on any atom is 0.222 e. The lowest BCUT2D eigenvalue weighted by molar-refractivity contribution is 0.506. The van der Waals surface area contributed by atoms with Crippen molar-refractivity contribution in [3.05, 3.63) is 12.0 Å². The van der Waals surface area contributed by atoms with Crippen LogP contribution in [0.1, 0.15) is 25.6 Å². The highest BCUT2D eigenvalue weighted by Gasteiger charge is 2.17. The number of nitrogen functional groups attached to an aromatic ring is 1. The van der Waals surface area contributed by atoms with Crippen molar-refractivity contribution < 1.29 is 0 Å². The Bertz CT molecular complexity index is 474. The van der Waals surface area contributed by atoms with Gasteiger partial charge in [0.25, 0.3) is 0 Å². The van der Waals surface area contributed by atoms with Crippen molar-refractivity contribution in [3.63, 3.8) is 0 Å². The predicted molar refractivity (Wildman–Crippen MR) is 57.9 cm³/mol. The van der Waals surface area contributed by atoms with E-state index in [1.807, 2.05) is 13.8 Å². The van der Waals surface area contributed by atoms with Crippen molar-refractivity contribution in [1.82, 2.24) is 19.9 Å². The first-order valence-corrected chi connectivity index (χ1v) is 4.81. The Balaban J connectivity index is 2.62. The Hall–Kier alpha value is -1.69. The molecule has 1 atom stereocenters. The molecule has 0 bridgehead atoms. The minimum absolute atomic E-state index is 0.168. The Morgan fingerprint density at radius 2 is 2.07 bits per heavy atom. The minimum Gasteiger partial charge on any atom is -0.368 e. The summed E-state index contributed by atoms with van der Waals surface area (Å²) in [6, 6.07) is -0.168. The number of hydrogen-bond acceptors (Lipinski definition) is 5. The van der Waals surface area contributed by atoms with E-state index in [4.69, 9.17) is 11.5 Å². The summed E-state index contributed by atoms with van der Waals surface area (Å²) in [6.07, 6.45) is 1.56. The molecule has 1 unspecified atom stereocenters. The number of aromatic nitrogens is 4. The number of anilines is 1. The summed E-state index contributed by atoms with van der Waals surface area (Å²) >= 11 is 0. The summed E-state index contributed by atoms with van der Waals surface area (Å²) < 4.78 is 0. The van der Waals surface area contributed by atoms with Crippen molar-refractivity contribution >= 4 is 17.1 Å². The van der Waals surface area contributed by atoms with Crippen LogP contribution in [0.4, 0.5) is 5.95 Å². The van der Waals surface area contributed by atoms with Crippen molar-refractivity contribution in [1.29, 1.82) is 0 Å². The van der Waals surface area contributed by atoms with Crippen LogP contribution in [0.5, 0.6) is 0 Å². The fourth-order valence-electron chi connectivity index (χ4n) is 1.43. The van der Waals surface area contributed by atoms with E-state index >= 15 is 0 Å². The molecule has 2 heterocycles. The topological polar surface area (TPSA) is 106 Å². The number of nitrogens with zero attached hydrogens (tertiary/aromatic N) is 3. The van der Waals surface area contributed by atoms with Gasteiger partial charge >= 0.3 is 0 Å². The van der Waals surface area contributed by atoms with Crippen molar-refractivity contribution in [2.45, 2.75) is 19.9 Å². The standard InChI is InChI=1S/C9H14N6/c1-4(2)5(10)6-7-8(13-3-12-7)15-9(11)14-6/h3-5H,10H2,1-2H3,(H3,11,12,13,14,15). The molecule has 0 amide bonds. The summed E-state index contributed by atoms with van der Waals surface area (Å²) in [6.45, 7) is 4.07. The number of fused-ring (bicyclic) bond motifs is 1. The molecule has 2 aromatic heterocycles. The quantitative estimate of drug-likeness (QED) is 0.666. The van der Waals surface area contributed by atoms with Crippen molar-refractivity contribution in [2.75, 3.05) is 5.73 Å². The molecule has 5 N–H and O–H groups in total. The molecule has 0 radical (unpaired) electrons. The zero-order chi connectivity index (χ0) is 11.0. The summed E-state index contributed by atoms with van der Waals surface area (Å²) in [5, 5.41) is 0. The predicted octanol–water partition coefficient (Wildman–Crippen LogP) is 0.591. The number of nitrogens with one attached hydrogen (secondary N) is 1. The molecule has 6 heteroatoms. The smallest absolute Gasteiger partial charge is 0.222 e. The van der Waals surface area contributed by atoms with Crippen molar-refractivity contribution in [3.8, 4) is 0 Å². The zero-order valence-corrected chi connectivity index (χ0v) is 8.73. The fourth-order valence-corrected chi connectivity index (χ4v) is 1.43. The fraction of sp³-hybridized carbons (Fsp3) is 0.444. The van der Waals surface area contributed by atoms with Crippen LogP contribution < -0.4 is 11.5 Å². The van der Waals surface area contributed by atoms with E-state index in [9.17, 15) is 0 Å². The van der Waals surface area contributed by atoms with Gasteiger partial charge in [0, 0.05) is 0 Å². The van der Waals surface area contributed by atoms with Gasteiger partial charge in [0.15, 0.2) is 5.65 Å². The lowest BCUT2D eigenvalue weighted by Gasteiger charge is -2.15. The Kier molecular flexibility index (Phi) is 2.28. The lowest BCUT2D eigenvalue weighted by Crippen LogP contribution is -2.19. The summed E-state index contributed by atoms with van der Waals surface area (Å²) in [5.74, 6) is 0.492. The average molecular weight is 206 g/mol. The maximum atomic E-state index is 6.04. The third kappa shape index (κ3) is 1.63. The number of H-pyrrole nitrogens is 1. The highest BCUT2D eigenvalue weighted by Crippen LogP contribution is 2.22. The van der Waals surface area contributed by atoms with E-state index in [1.54, 1.807) is 6.33 Å². The third-order valence-corrected chi connectivity index (χ3v) is 2.36. The Labute approximate surface area is 87.1 Å². The Morgan fingerprint density at radius 3 is 2.73 bits per heavy atom. The van der Waals surface area contributed by atoms with Gasteiger partial charge in [-0.3, -0.25) is 0 Å². The molecular weight excluding hydrogens is 192 g/mol. The SMILES string of the molecule is CC(C)C(N)c1nc(N)nc2nc[nH]c12. The van der Waals surface area contributed by atoms with Crippen LogP contribution in [-0.2, 0) is 0 Å². The van der Waals surface area contributed by atoms with E-state index in [0.717, 1.165) is 11.2 Å². The number of nitrogens with two attached hydrogens (primary N) is 2. The van der Waals surface area contributed by atoms with E-state index < -0.39 is 0 Å². The van der Waals surface area contributed by atoms with Crippen LogP contribution in [0.25, 0.3) is 11.2 Å². The number of aromatic amines is 1. The average Bonchev–Trinajstić information content (AvgIpc) is 2.62. The minimum atomic E-state index is -0.168. The van der Waals surface area contributed by atoms with Gasteiger partial charge in [-0.05, 0) is 5.92 Å². The van der Waals surface area contributed by atoms with Gasteiger partial charge in [-0.15, -0.1) is 0 Å². The molecule has 0 saturated heterocycles. The van der Waals surface area contributed by atoms with Gasteiger partial charge in [0.2, 0.25) is 5.95 Å². The van der Waals surface area contributed by atoms with Gasteiger partial charge in [-0.2, -0.15) is 4.98 Å². The molecule has 0 aliphatic heterocycles. The highest BCUT2D eigenvalue weighted by atomic mass is 15.1. The molecule has 0 fully saturated rings. The molecule has 0 aromatic carbocycles. The molecule has 15 heavy (non-hydrogen) atoms. The molecule has 6 nitrogen and oxygen atoms in total. The molecule has 2 aromatic rings. The molecule has 0 aliphatic rings. The number of hydrogen-bond donors (Lipinski definition) is 3. The molecule has 80 valence electrons. The third-order valence-electron chi connectivity index (χ3n) is 2.36. The van der Waals surface area contributed by atoms with E-state index in [0.29, 0.717) is 5.65 Å². The van der Waals surface area contributed by atoms with Crippen LogP contribution in [0.2, 0.25) is 0 Å². The van der Waals surface area contributed by atoms with Crippen LogP contribution in [-0.4, -0.2) is 19.9 Å². The second kappa shape index (κ2) is 3.47. The number of rotatable bonds is 2. The van der Waals surface area contributed by atoms with E-state index in [1.165, 1.54) is 0 Å². The first-order valence-electron chi connectivity index (χ1n) is 4.81. The second-order valence-electron chi connectivity index (χ2n) is 3.84. The monoisotopic (exact) mass is 206 g/mol. The number of imidazole rings is 1. The van der Waals surface area contributed by atoms with Gasteiger partial charge < -0.3 is 16.5 Å². The lowest BCUT2D eigenvalue weighted by atomic mass is 10.0. The maximum absolute atomic E-state index is 6.04. The van der Waals surface area contributed by atoms with Crippen LogP contribution in [0.3, 0.4) is 0 Å². The molecule has 0 saturated carbocycles. The highest BCUT2D eigenvalue weighted by molar-refractivity contribution is 5.74. The first kappa shape index (κ1) is 9.85. The van der Waals surface area contributed by atoms with Crippen LogP contribution in [0, 0.1) is 5.92 Å². The largest absolute Gasteiger partial charge is 0.368 e. The van der Waals surface area contributed by atoms with Crippen LogP contribution >= 0.6 is 0 Å². The molecule has 0 spiro atoms. The van der Waals surface area contributed by atoms with Gasteiger partial charge in [-0.1, -0.05) is 13.8 Å². The molecular formula is C9H14N6. The Morgan fingerprint density at radius 1 is 1.33 bits per heavy atom. The van der Waals surface area contributed by atoms with E-state index in [2.05, 4.69) is 19.9 Å². The van der Waals surface area contributed by atoms with Crippen LogP contribution in [0.15, 0.2) is 6.33 Å². The summed E-state index contributed by atoms with van der Waals surface area (Å²) in [7, 11) is 0. The molecule has 0 aliphatic carbocycles. The van der Waals surface area contributed by atoms with Crippen molar-refractivity contribution in [2.24, 2.45) is 11.7 Å². The normalized spacial score (nSPS) is 13.6. The van der Waals surface area contributed by atoms with Gasteiger partial charge in [-0.25, -0.2) is 9.97 Å². The van der Waals surface area contributed by atoms with E-state index in [-0.39, 0.29) is 17.9 Å². The van der Waals surface area contributed by atoms with Gasteiger partial charge in [0.1, 0.15) is 5.52 Å². The summed E-state index contributed by atoms with van der Waals surface area (Å²) in [4.78, 5) is 15.2. The second-order valence-corrected chi connectivity index (χ2v) is 3.84. The zero-order valence-electron chi connectivity index (χ0n) is 8.73. The van der Waals surface area contributed by atoms with Gasteiger partial charge in [0.05, 0.1) is 18.1 Å². The molecule has 2 rings (SSSR count). The first-order chi connectivity index (χ1) is 7.09. The summed E-state index contributed by atoms with van der Waals surface area (Å²) in [5.41, 5.74) is 13.7.